The van der Waals surface area contributed by atoms with Crippen molar-refractivity contribution in [2.24, 2.45) is 5.73 Å². The quantitative estimate of drug-likeness (QED) is 0.183. The van der Waals surface area contributed by atoms with Crippen LogP contribution in [0.3, 0.4) is 0 Å². The van der Waals surface area contributed by atoms with Crippen LogP contribution < -0.4 is 5.73 Å². The van der Waals surface area contributed by atoms with Crippen LogP contribution in [0.1, 0.15) is 41.5 Å². The summed E-state index contributed by atoms with van der Waals surface area (Å²) >= 11 is 3.24. The second-order valence-electron chi connectivity index (χ2n) is 8.79. The minimum atomic E-state index is -0.297. The number of nitrogens with one attached hydrogen (secondary N) is 1. The van der Waals surface area contributed by atoms with E-state index in [2.05, 4.69) is 74.5 Å². The Labute approximate surface area is 204 Å². The second-order valence-corrected chi connectivity index (χ2v) is 11.0. The van der Waals surface area contributed by atoms with E-state index in [1.54, 1.807) is 0 Å². The average molecular weight is 467 g/mol. The fourth-order valence-corrected chi connectivity index (χ4v) is 6.56. The van der Waals surface area contributed by atoms with E-state index in [1.807, 2.05) is 48.2 Å². The van der Waals surface area contributed by atoms with Gasteiger partial charge in [0.1, 0.15) is 0 Å². The molecule has 1 aliphatic rings. The van der Waals surface area contributed by atoms with Crippen molar-refractivity contribution in [3.05, 3.63) is 119 Å². The summed E-state index contributed by atoms with van der Waals surface area (Å²) in [5.74, 6) is 0. The molecule has 0 saturated carbocycles. The zero-order valence-corrected chi connectivity index (χ0v) is 20.3. The Morgan fingerprint density at radius 1 is 0.788 bits per heavy atom. The number of hydrogen-bond acceptors (Lipinski definition) is 4. The molecule has 2 nitrogen and oxygen atoms in total. The van der Waals surface area contributed by atoms with Crippen LogP contribution in [0, 0.1) is 5.41 Å². The van der Waals surface area contributed by atoms with Gasteiger partial charge < -0.3 is 5.73 Å². The molecule has 0 fully saturated rings. The summed E-state index contributed by atoms with van der Waals surface area (Å²) in [4.78, 5) is 2.66. The van der Waals surface area contributed by atoms with Gasteiger partial charge >= 0.3 is 0 Å². The molecular formula is C29H26N2S2. The van der Waals surface area contributed by atoms with Crippen molar-refractivity contribution in [3.63, 3.8) is 0 Å². The zero-order chi connectivity index (χ0) is 23.0. The lowest BCUT2D eigenvalue weighted by Crippen LogP contribution is -2.23. The largest absolute Gasteiger partial charge is 0.315 e. The van der Waals surface area contributed by atoms with E-state index in [4.69, 9.17) is 11.1 Å². The summed E-state index contributed by atoms with van der Waals surface area (Å²) in [7, 11) is 0. The Morgan fingerprint density at radius 2 is 1.48 bits per heavy atom. The third-order valence-corrected chi connectivity index (χ3v) is 8.41. The highest BCUT2D eigenvalue weighted by Crippen LogP contribution is 2.49. The summed E-state index contributed by atoms with van der Waals surface area (Å²) in [5, 5.41) is 8.60. The van der Waals surface area contributed by atoms with Crippen LogP contribution in [0.15, 0.2) is 107 Å². The Kier molecular flexibility index (Phi) is 5.92. The van der Waals surface area contributed by atoms with Gasteiger partial charge in [0.25, 0.3) is 0 Å². The first-order chi connectivity index (χ1) is 15.9. The number of fused-ring (bicyclic) bond motifs is 2. The van der Waals surface area contributed by atoms with Crippen LogP contribution in [0.5, 0.6) is 0 Å². The van der Waals surface area contributed by atoms with Gasteiger partial charge in [-0.1, -0.05) is 110 Å². The monoisotopic (exact) mass is 466 g/mol. The molecule has 5 rings (SSSR count). The number of rotatable bonds is 4. The van der Waals surface area contributed by atoms with E-state index in [0.29, 0.717) is 5.04 Å². The van der Waals surface area contributed by atoms with Gasteiger partial charge in [-0.15, -0.1) is 0 Å². The molecule has 0 bridgehead atoms. The second kappa shape index (κ2) is 8.86. The van der Waals surface area contributed by atoms with E-state index in [-0.39, 0.29) is 10.8 Å². The summed E-state index contributed by atoms with van der Waals surface area (Å²) < 4.78 is 0. The van der Waals surface area contributed by atoms with Crippen LogP contribution in [0.4, 0.5) is 0 Å². The number of thioether (sulfide) groups is 1. The van der Waals surface area contributed by atoms with E-state index in [1.165, 1.54) is 38.2 Å². The van der Waals surface area contributed by atoms with Gasteiger partial charge in [0.2, 0.25) is 0 Å². The molecule has 1 heterocycles. The minimum absolute atomic E-state index is 0.0538. The molecule has 3 N–H and O–H groups in total. The molecule has 0 saturated heterocycles. The average Bonchev–Trinajstić information content (AvgIpc) is 2.84. The maximum absolute atomic E-state index is 8.42. The molecule has 4 aromatic rings. The van der Waals surface area contributed by atoms with Crippen molar-refractivity contribution in [1.82, 2.24) is 0 Å². The number of hydrogen-bond donors (Lipinski definition) is 2. The van der Waals surface area contributed by atoms with Crippen LogP contribution in [0.2, 0.25) is 0 Å². The number of nitrogens with two attached hydrogens (primary N) is 1. The van der Waals surface area contributed by atoms with Crippen LogP contribution in [-0.2, 0) is 5.41 Å². The first kappa shape index (κ1) is 22.0. The van der Waals surface area contributed by atoms with E-state index in [9.17, 15) is 0 Å². The Bertz CT molecular complexity index is 1330. The highest BCUT2D eigenvalue weighted by atomic mass is 32.2. The van der Waals surface area contributed by atoms with Crippen molar-refractivity contribution in [2.45, 2.75) is 34.4 Å². The van der Waals surface area contributed by atoms with Crippen LogP contribution in [-0.4, -0.2) is 5.04 Å². The minimum Gasteiger partial charge on any atom is -0.315 e. The highest BCUT2D eigenvalue weighted by Gasteiger charge is 2.33. The molecule has 1 unspecified atom stereocenters. The lowest BCUT2D eigenvalue weighted by molar-refractivity contribution is 0.607. The summed E-state index contributed by atoms with van der Waals surface area (Å²) in [5.41, 5.74) is 13.5. The Balaban J connectivity index is 1.44. The molecule has 33 heavy (non-hydrogen) atoms. The Hall–Kier alpha value is -2.79. The number of benzene rings is 4. The molecule has 4 heteroatoms. The molecule has 0 aromatic heterocycles. The summed E-state index contributed by atoms with van der Waals surface area (Å²) in [6, 6.07) is 33.7. The predicted molar refractivity (Wildman–Crippen MR) is 142 cm³/mol. The van der Waals surface area contributed by atoms with E-state index >= 15 is 0 Å². The van der Waals surface area contributed by atoms with Gasteiger partial charge in [0, 0.05) is 20.8 Å². The fourth-order valence-electron chi connectivity index (χ4n) is 4.37. The van der Waals surface area contributed by atoms with Crippen molar-refractivity contribution < 1.29 is 0 Å². The van der Waals surface area contributed by atoms with Crippen molar-refractivity contribution in [2.75, 3.05) is 0 Å². The molecule has 4 aromatic carbocycles. The van der Waals surface area contributed by atoms with Crippen molar-refractivity contribution in [3.8, 4) is 11.1 Å². The molecule has 1 aliphatic heterocycles. The van der Waals surface area contributed by atoms with Gasteiger partial charge in [-0.2, -0.15) is 0 Å². The van der Waals surface area contributed by atoms with Crippen LogP contribution in [0.25, 0.3) is 11.1 Å². The first-order valence-electron chi connectivity index (χ1n) is 11.0. The van der Waals surface area contributed by atoms with Gasteiger partial charge in [-0.3, -0.25) is 5.41 Å². The van der Waals surface area contributed by atoms with Gasteiger partial charge in [0.05, 0.1) is 10.4 Å². The van der Waals surface area contributed by atoms with Gasteiger partial charge in [-0.25, -0.2) is 0 Å². The van der Waals surface area contributed by atoms with Crippen molar-refractivity contribution >= 4 is 28.6 Å². The molecule has 0 aliphatic carbocycles. The summed E-state index contributed by atoms with van der Waals surface area (Å²) in [6.07, 6.45) is 0. The normalized spacial score (nSPS) is 14.8. The molecule has 0 radical (unpaired) electrons. The van der Waals surface area contributed by atoms with Crippen molar-refractivity contribution in [1.29, 1.82) is 5.41 Å². The molecule has 164 valence electrons. The topological polar surface area (TPSA) is 49.9 Å². The maximum atomic E-state index is 8.42. The predicted octanol–water partition coefficient (Wildman–Crippen LogP) is 7.86. The highest BCUT2D eigenvalue weighted by molar-refractivity contribution is 8.14. The Morgan fingerprint density at radius 3 is 2.30 bits per heavy atom. The summed E-state index contributed by atoms with van der Waals surface area (Å²) in [6.45, 7) is 4.62. The SMILES string of the molecule is CC1(C)c2ccccc2Sc2ccc(-c3cccc(C(N)SC(=N)c4ccccc4)c3)cc21. The third-order valence-electron chi connectivity index (χ3n) is 6.26. The zero-order valence-electron chi connectivity index (χ0n) is 18.7. The third kappa shape index (κ3) is 4.26. The van der Waals surface area contributed by atoms with Gasteiger partial charge in [-0.05, 0) is 52.1 Å². The standard InChI is InChI=1S/C29H26N2S2/c1-29(2)23-13-6-7-14-25(23)32-26-16-15-21(18-24(26)29)20-11-8-12-22(17-20)28(31)33-27(30)19-9-4-3-5-10-19/h3-18,28,30H,31H2,1-2H3. The van der Waals surface area contributed by atoms with E-state index < -0.39 is 0 Å². The lowest BCUT2D eigenvalue weighted by Gasteiger charge is -2.34. The lowest BCUT2D eigenvalue weighted by atomic mass is 9.77. The fraction of sp³-hybridized carbons (Fsp3) is 0.138. The maximum Gasteiger partial charge on any atom is 0.0961 e. The molecule has 1 atom stereocenters. The molecule has 0 amide bonds. The van der Waals surface area contributed by atoms with Crippen LogP contribution >= 0.6 is 23.5 Å². The smallest absolute Gasteiger partial charge is 0.0961 e. The van der Waals surface area contributed by atoms with E-state index in [0.717, 1.165) is 16.7 Å². The molecule has 0 spiro atoms. The first-order valence-corrected chi connectivity index (χ1v) is 12.7. The molecular weight excluding hydrogens is 440 g/mol. The van der Waals surface area contributed by atoms with Gasteiger partial charge in [0.15, 0.2) is 0 Å².